The first-order valence-corrected chi connectivity index (χ1v) is 10.5. The number of likely N-dealkylation sites (tertiary alicyclic amines) is 1. The Morgan fingerprint density at radius 2 is 1.87 bits per heavy atom. The van der Waals surface area contributed by atoms with Gasteiger partial charge in [0.2, 0.25) is 5.91 Å². The van der Waals surface area contributed by atoms with Gasteiger partial charge in [-0.1, -0.05) is 32.9 Å². The van der Waals surface area contributed by atoms with Crippen molar-refractivity contribution in [3.05, 3.63) is 42.5 Å². The Labute approximate surface area is 178 Å². The number of fused-ring (bicyclic) bond motifs is 1. The van der Waals surface area contributed by atoms with Crippen molar-refractivity contribution >= 4 is 22.5 Å². The summed E-state index contributed by atoms with van der Waals surface area (Å²) in [4.78, 5) is 24.1. The summed E-state index contributed by atoms with van der Waals surface area (Å²) in [5.74, 6) is 1.61. The molecule has 4 rings (SSSR count). The van der Waals surface area contributed by atoms with Gasteiger partial charge in [0.25, 0.3) is 0 Å². The largest absolute Gasteiger partial charge is 0.331 e. The summed E-state index contributed by atoms with van der Waals surface area (Å²) in [7, 11) is 2.02. The Hall–Kier alpha value is -2.73. The molecule has 0 spiro atoms. The van der Waals surface area contributed by atoms with E-state index in [0.717, 1.165) is 47.5 Å². The molecule has 0 bridgehead atoms. The summed E-state index contributed by atoms with van der Waals surface area (Å²) in [6, 6.07) is 8.22. The minimum atomic E-state index is -0.365. The van der Waals surface area contributed by atoms with Gasteiger partial charge in [-0.15, -0.1) is 0 Å². The molecule has 1 aromatic carbocycles. The SMILES string of the molecule is Cc1ncc(-c2ccc3cnc(NC(=O)C4(C)CN(CC(C)(C)C)C4)cc3c2)n1C. The molecule has 1 N–H and O–H groups in total. The van der Waals surface area contributed by atoms with E-state index < -0.39 is 0 Å². The maximum Gasteiger partial charge on any atom is 0.234 e. The number of benzene rings is 1. The summed E-state index contributed by atoms with van der Waals surface area (Å²) in [5, 5.41) is 5.13. The van der Waals surface area contributed by atoms with Gasteiger partial charge in [-0.25, -0.2) is 9.97 Å². The Morgan fingerprint density at radius 1 is 1.13 bits per heavy atom. The first kappa shape index (κ1) is 20.5. The summed E-state index contributed by atoms with van der Waals surface area (Å²) in [6.45, 7) is 13.3. The molecule has 0 radical (unpaired) electrons. The van der Waals surface area contributed by atoms with Crippen LogP contribution >= 0.6 is 0 Å². The zero-order chi connectivity index (χ0) is 21.7. The highest BCUT2D eigenvalue weighted by atomic mass is 16.2. The zero-order valence-electron chi connectivity index (χ0n) is 18.8. The number of aromatic nitrogens is 3. The van der Waals surface area contributed by atoms with Gasteiger partial charge in [0.1, 0.15) is 11.6 Å². The van der Waals surface area contributed by atoms with Crippen molar-refractivity contribution in [3.8, 4) is 11.3 Å². The van der Waals surface area contributed by atoms with Gasteiger partial charge < -0.3 is 14.8 Å². The molecule has 1 fully saturated rings. The van der Waals surface area contributed by atoms with E-state index in [1.165, 1.54) is 0 Å². The van der Waals surface area contributed by atoms with Crippen LogP contribution in [0, 0.1) is 17.8 Å². The van der Waals surface area contributed by atoms with Crippen LogP contribution in [0.2, 0.25) is 0 Å². The standard InChI is InChI=1S/C24H31N5O/c1-16-25-12-20(28(16)6)17-7-8-18-11-26-21(10-19(18)9-17)27-22(30)24(5)14-29(15-24)13-23(2,3)4/h7-12H,13-15H2,1-6H3,(H,26,27,30). The number of carbonyl (C=O) groups excluding carboxylic acids is 1. The molecule has 6 nitrogen and oxygen atoms in total. The number of nitrogens with one attached hydrogen (secondary N) is 1. The molecule has 0 atom stereocenters. The normalized spacial score (nSPS) is 16.5. The molecule has 158 valence electrons. The van der Waals surface area contributed by atoms with Gasteiger partial charge in [-0.05, 0) is 36.8 Å². The highest BCUT2D eigenvalue weighted by Crippen LogP contribution is 2.34. The molecule has 3 heterocycles. The number of amides is 1. The van der Waals surface area contributed by atoms with Gasteiger partial charge in [0.15, 0.2) is 0 Å². The average molecular weight is 406 g/mol. The Morgan fingerprint density at radius 3 is 2.50 bits per heavy atom. The maximum atomic E-state index is 12.9. The van der Waals surface area contributed by atoms with Crippen molar-refractivity contribution in [2.75, 3.05) is 25.0 Å². The molecule has 6 heteroatoms. The van der Waals surface area contributed by atoms with E-state index in [1.54, 1.807) is 0 Å². The number of hydrogen-bond donors (Lipinski definition) is 1. The summed E-state index contributed by atoms with van der Waals surface area (Å²) < 4.78 is 2.08. The maximum absolute atomic E-state index is 12.9. The molecular formula is C24H31N5O. The van der Waals surface area contributed by atoms with Crippen LogP contribution in [0.3, 0.4) is 0 Å². The lowest BCUT2D eigenvalue weighted by atomic mass is 9.79. The van der Waals surface area contributed by atoms with Crippen molar-refractivity contribution in [3.63, 3.8) is 0 Å². The van der Waals surface area contributed by atoms with Gasteiger partial charge in [0.05, 0.1) is 17.3 Å². The molecule has 1 amide bonds. The minimum Gasteiger partial charge on any atom is -0.331 e. The monoisotopic (exact) mass is 405 g/mol. The van der Waals surface area contributed by atoms with Crippen molar-refractivity contribution in [1.29, 1.82) is 0 Å². The van der Waals surface area contributed by atoms with E-state index in [2.05, 4.69) is 63.7 Å². The van der Waals surface area contributed by atoms with Crippen molar-refractivity contribution < 1.29 is 4.79 Å². The van der Waals surface area contributed by atoms with Crippen LogP contribution in [0.4, 0.5) is 5.82 Å². The van der Waals surface area contributed by atoms with E-state index in [4.69, 9.17) is 0 Å². The lowest BCUT2D eigenvalue weighted by Gasteiger charge is -2.48. The zero-order valence-corrected chi connectivity index (χ0v) is 18.8. The molecule has 1 aliphatic heterocycles. The van der Waals surface area contributed by atoms with Crippen LogP contribution in [0.5, 0.6) is 0 Å². The molecule has 1 aliphatic rings. The number of hydrogen-bond acceptors (Lipinski definition) is 4. The van der Waals surface area contributed by atoms with Crippen LogP contribution < -0.4 is 5.32 Å². The number of carbonyl (C=O) groups is 1. The molecule has 0 saturated carbocycles. The van der Waals surface area contributed by atoms with Crippen LogP contribution in [-0.4, -0.2) is 45.0 Å². The third-order valence-electron chi connectivity index (χ3n) is 5.87. The quantitative estimate of drug-likeness (QED) is 0.705. The van der Waals surface area contributed by atoms with Crippen molar-refractivity contribution in [1.82, 2.24) is 19.4 Å². The second-order valence-electron chi connectivity index (χ2n) is 10.1. The number of aryl methyl sites for hydroxylation is 1. The Balaban J connectivity index is 1.51. The predicted molar refractivity (Wildman–Crippen MR) is 121 cm³/mol. The molecule has 1 saturated heterocycles. The predicted octanol–water partition coefficient (Wildman–Crippen LogP) is 4.25. The Bertz CT molecular complexity index is 1100. The first-order valence-electron chi connectivity index (χ1n) is 10.5. The number of rotatable bonds is 4. The van der Waals surface area contributed by atoms with E-state index in [-0.39, 0.29) is 16.7 Å². The Kier molecular flexibility index (Phi) is 4.93. The van der Waals surface area contributed by atoms with Gasteiger partial charge >= 0.3 is 0 Å². The second kappa shape index (κ2) is 7.20. The van der Waals surface area contributed by atoms with E-state index >= 15 is 0 Å². The van der Waals surface area contributed by atoms with Gasteiger partial charge in [-0.2, -0.15) is 0 Å². The highest BCUT2D eigenvalue weighted by Gasteiger charge is 2.45. The highest BCUT2D eigenvalue weighted by molar-refractivity contribution is 5.97. The summed E-state index contributed by atoms with van der Waals surface area (Å²) >= 11 is 0. The second-order valence-corrected chi connectivity index (χ2v) is 10.1. The van der Waals surface area contributed by atoms with Crippen LogP contribution in [0.25, 0.3) is 22.0 Å². The lowest BCUT2D eigenvalue weighted by Crippen LogP contribution is -2.61. The summed E-state index contributed by atoms with van der Waals surface area (Å²) in [6.07, 6.45) is 3.71. The molecular weight excluding hydrogens is 374 g/mol. The van der Waals surface area contributed by atoms with E-state index in [0.29, 0.717) is 5.82 Å². The van der Waals surface area contributed by atoms with Gasteiger partial charge in [0, 0.05) is 43.8 Å². The van der Waals surface area contributed by atoms with Crippen LogP contribution in [0.1, 0.15) is 33.5 Å². The number of anilines is 1. The fourth-order valence-electron chi connectivity index (χ4n) is 4.27. The minimum absolute atomic E-state index is 0.0397. The van der Waals surface area contributed by atoms with Crippen molar-refractivity contribution in [2.24, 2.45) is 17.9 Å². The van der Waals surface area contributed by atoms with E-state index in [1.807, 2.05) is 39.4 Å². The number of pyridine rings is 1. The first-order chi connectivity index (χ1) is 14.0. The lowest BCUT2D eigenvalue weighted by molar-refractivity contribution is -0.135. The van der Waals surface area contributed by atoms with Crippen LogP contribution in [0.15, 0.2) is 36.7 Å². The smallest absolute Gasteiger partial charge is 0.234 e. The fraction of sp³-hybridized carbons (Fsp3) is 0.458. The van der Waals surface area contributed by atoms with Gasteiger partial charge in [-0.3, -0.25) is 4.79 Å². The third kappa shape index (κ3) is 3.97. The fourth-order valence-corrected chi connectivity index (χ4v) is 4.27. The number of nitrogens with zero attached hydrogens (tertiary/aromatic N) is 4. The van der Waals surface area contributed by atoms with Crippen molar-refractivity contribution in [2.45, 2.75) is 34.6 Å². The van der Waals surface area contributed by atoms with Crippen LogP contribution in [-0.2, 0) is 11.8 Å². The molecule has 30 heavy (non-hydrogen) atoms. The average Bonchev–Trinajstić information content (AvgIpc) is 2.97. The molecule has 2 aromatic heterocycles. The number of imidazole rings is 1. The molecule has 0 aliphatic carbocycles. The molecule has 0 unspecified atom stereocenters. The summed E-state index contributed by atoms with van der Waals surface area (Å²) in [5.41, 5.74) is 2.04. The third-order valence-corrected chi connectivity index (χ3v) is 5.87. The molecule has 3 aromatic rings. The van der Waals surface area contributed by atoms with E-state index in [9.17, 15) is 4.79 Å². The topological polar surface area (TPSA) is 63.1 Å².